The topological polar surface area (TPSA) is 9.23 Å². The average molecular weight is 274 g/mol. The van der Waals surface area contributed by atoms with E-state index in [1.807, 2.05) is 0 Å². The van der Waals surface area contributed by atoms with Gasteiger partial charge in [0.1, 0.15) is 5.75 Å². The van der Waals surface area contributed by atoms with E-state index in [-0.39, 0.29) is 0 Å². The molecule has 0 bridgehead atoms. The Hall–Kier alpha value is -0.980. The molecule has 0 N–H and O–H groups in total. The number of hydrogen-bond donors (Lipinski definition) is 0. The Morgan fingerprint density at radius 3 is 2.60 bits per heavy atom. The van der Waals surface area contributed by atoms with Gasteiger partial charge in [0, 0.05) is 0 Å². The Bertz CT molecular complexity index is 377. The Balaban J connectivity index is 1.84. The second-order valence-electron chi connectivity index (χ2n) is 6.53. The lowest BCUT2D eigenvalue weighted by Crippen LogP contribution is -2.11. The van der Waals surface area contributed by atoms with E-state index >= 15 is 0 Å². The fourth-order valence-electron chi connectivity index (χ4n) is 3.05. The van der Waals surface area contributed by atoms with E-state index < -0.39 is 0 Å². The van der Waals surface area contributed by atoms with Gasteiger partial charge in [0.05, 0.1) is 6.61 Å². The quantitative estimate of drug-likeness (QED) is 0.611. The summed E-state index contributed by atoms with van der Waals surface area (Å²) in [5, 5.41) is 0. The van der Waals surface area contributed by atoms with E-state index in [4.69, 9.17) is 4.74 Å². The van der Waals surface area contributed by atoms with Gasteiger partial charge in [-0.25, -0.2) is 0 Å². The van der Waals surface area contributed by atoms with Gasteiger partial charge in [-0.3, -0.25) is 0 Å². The average Bonchev–Trinajstić information content (AvgIpc) is 2.74. The van der Waals surface area contributed by atoms with Crippen molar-refractivity contribution in [1.29, 1.82) is 0 Å². The molecule has 0 aliphatic heterocycles. The minimum atomic E-state index is 0.757. The van der Waals surface area contributed by atoms with Crippen LogP contribution in [0.15, 0.2) is 24.3 Å². The first-order valence-corrected chi connectivity index (χ1v) is 8.49. The molecule has 20 heavy (non-hydrogen) atoms. The second kappa shape index (κ2) is 8.34. The van der Waals surface area contributed by atoms with Crippen LogP contribution in [0.4, 0.5) is 0 Å². The smallest absolute Gasteiger partial charge is 0.119 e. The molecule has 1 fully saturated rings. The van der Waals surface area contributed by atoms with Crippen LogP contribution in [0.5, 0.6) is 5.75 Å². The SMILES string of the molecule is CC[C@H](C)Cc1cccc(OCC2CCCCCC2)c1. The second-order valence-corrected chi connectivity index (χ2v) is 6.53. The highest BCUT2D eigenvalue weighted by Crippen LogP contribution is 2.24. The summed E-state index contributed by atoms with van der Waals surface area (Å²) in [6, 6.07) is 8.71. The maximum Gasteiger partial charge on any atom is 0.119 e. The van der Waals surface area contributed by atoms with Crippen LogP contribution >= 0.6 is 0 Å². The van der Waals surface area contributed by atoms with Crippen LogP contribution in [-0.2, 0) is 6.42 Å². The Morgan fingerprint density at radius 1 is 1.15 bits per heavy atom. The molecule has 1 aromatic carbocycles. The molecule has 0 unspecified atom stereocenters. The predicted molar refractivity (Wildman–Crippen MR) is 86.3 cm³/mol. The Kier molecular flexibility index (Phi) is 6.42. The molecule has 0 saturated heterocycles. The van der Waals surface area contributed by atoms with E-state index in [0.717, 1.165) is 30.6 Å². The maximum absolute atomic E-state index is 6.06. The Labute approximate surface area is 124 Å². The molecule has 2 rings (SSSR count). The van der Waals surface area contributed by atoms with E-state index in [1.54, 1.807) is 0 Å². The minimum absolute atomic E-state index is 0.757. The van der Waals surface area contributed by atoms with Gasteiger partial charge >= 0.3 is 0 Å². The van der Waals surface area contributed by atoms with Gasteiger partial charge < -0.3 is 4.74 Å². The first-order chi connectivity index (χ1) is 9.78. The van der Waals surface area contributed by atoms with Crippen molar-refractivity contribution in [3.05, 3.63) is 29.8 Å². The number of hydrogen-bond acceptors (Lipinski definition) is 1. The molecule has 1 aromatic rings. The third kappa shape index (κ3) is 5.19. The van der Waals surface area contributed by atoms with Crippen LogP contribution in [0.3, 0.4) is 0 Å². The molecule has 0 heterocycles. The summed E-state index contributed by atoms with van der Waals surface area (Å²) in [6.07, 6.45) is 10.7. The standard InChI is InChI=1S/C19H30O/c1-3-16(2)13-18-11-8-12-19(14-18)20-15-17-9-6-4-5-7-10-17/h8,11-12,14,16-17H,3-7,9-10,13,15H2,1-2H3/t16-/m0/s1. The van der Waals surface area contributed by atoms with Crippen molar-refractivity contribution >= 4 is 0 Å². The van der Waals surface area contributed by atoms with Gasteiger partial charge in [0.2, 0.25) is 0 Å². The van der Waals surface area contributed by atoms with Gasteiger partial charge in [-0.15, -0.1) is 0 Å². The fourth-order valence-corrected chi connectivity index (χ4v) is 3.05. The summed E-state index contributed by atoms with van der Waals surface area (Å²) in [5.41, 5.74) is 1.41. The van der Waals surface area contributed by atoms with Gasteiger partial charge in [0.25, 0.3) is 0 Å². The summed E-state index contributed by atoms with van der Waals surface area (Å²) in [5.74, 6) is 2.60. The van der Waals surface area contributed by atoms with Crippen LogP contribution in [0.2, 0.25) is 0 Å². The summed E-state index contributed by atoms with van der Waals surface area (Å²) < 4.78 is 6.06. The zero-order valence-electron chi connectivity index (χ0n) is 13.2. The van der Waals surface area contributed by atoms with Gasteiger partial charge in [-0.2, -0.15) is 0 Å². The van der Waals surface area contributed by atoms with Crippen molar-refractivity contribution in [3.63, 3.8) is 0 Å². The van der Waals surface area contributed by atoms with Crippen molar-refractivity contribution in [2.24, 2.45) is 11.8 Å². The molecular weight excluding hydrogens is 244 g/mol. The van der Waals surface area contributed by atoms with Gasteiger partial charge in [0.15, 0.2) is 0 Å². The summed E-state index contributed by atoms with van der Waals surface area (Å²) >= 11 is 0. The number of ether oxygens (including phenoxy) is 1. The van der Waals surface area contributed by atoms with E-state index in [1.165, 1.54) is 50.5 Å². The van der Waals surface area contributed by atoms with E-state index in [2.05, 4.69) is 38.1 Å². The lowest BCUT2D eigenvalue weighted by Gasteiger charge is -2.16. The molecule has 1 saturated carbocycles. The summed E-state index contributed by atoms with van der Waals surface area (Å²) in [4.78, 5) is 0. The summed E-state index contributed by atoms with van der Waals surface area (Å²) in [7, 11) is 0. The third-order valence-corrected chi connectivity index (χ3v) is 4.64. The monoisotopic (exact) mass is 274 g/mol. The maximum atomic E-state index is 6.06. The molecule has 1 atom stereocenters. The molecule has 112 valence electrons. The molecule has 1 aliphatic rings. The molecular formula is C19H30O. The fraction of sp³-hybridized carbons (Fsp3) is 0.684. The predicted octanol–water partition coefficient (Wildman–Crippen LogP) is 5.62. The molecule has 1 nitrogen and oxygen atoms in total. The zero-order chi connectivity index (χ0) is 14.2. The van der Waals surface area contributed by atoms with Crippen molar-refractivity contribution in [2.75, 3.05) is 6.61 Å². The summed E-state index contributed by atoms with van der Waals surface area (Å²) in [6.45, 7) is 5.49. The normalized spacial score (nSPS) is 18.5. The first-order valence-electron chi connectivity index (χ1n) is 8.49. The van der Waals surface area contributed by atoms with Gasteiger partial charge in [-0.05, 0) is 48.8 Å². The molecule has 0 amide bonds. The molecule has 1 heteroatoms. The third-order valence-electron chi connectivity index (χ3n) is 4.64. The van der Waals surface area contributed by atoms with Crippen molar-refractivity contribution < 1.29 is 4.74 Å². The highest BCUT2D eigenvalue weighted by molar-refractivity contribution is 5.28. The highest BCUT2D eigenvalue weighted by Gasteiger charge is 2.13. The number of rotatable bonds is 6. The van der Waals surface area contributed by atoms with Crippen molar-refractivity contribution in [1.82, 2.24) is 0 Å². The molecule has 1 aliphatic carbocycles. The lowest BCUT2D eigenvalue weighted by molar-refractivity contribution is 0.233. The minimum Gasteiger partial charge on any atom is -0.493 e. The molecule has 0 radical (unpaired) electrons. The van der Waals surface area contributed by atoms with E-state index in [9.17, 15) is 0 Å². The van der Waals surface area contributed by atoms with Crippen LogP contribution in [-0.4, -0.2) is 6.61 Å². The largest absolute Gasteiger partial charge is 0.493 e. The van der Waals surface area contributed by atoms with Crippen LogP contribution < -0.4 is 4.74 Å². The van der Waals surface area contributed by atoms with Gasteiger partial charge in [-0.1, -0.05) is 58.1 Å². The van der Waals surface area contributed by atoms with Crippen LogP contribution in [0.1, 0.15) is 64.4 Å². The number of benzene rings is 1. The zero-order valence-corrected chi connectivity index (χ0v) is 13.2. The van der Waals surface area contributed by atoms with E-state index in [0.29, 0.717) is 0 Å². The van der Waals surface area contributed by atoms with Crippen molar-refractivity contribution in [2.45, 2.75) is 65.2 Å². The highest BCUT2D eigenvalue weighted by atomic mass is 16.5. The van der Waals surface area contributed by atoms with Crippen LogP contribution in [0, 0.1) is 11.8 Å². The first kappa shape index (κ1) is 15.4. The van der Waals surface area contributed by atoms with Crippen LogP contribution in [0.25, 0.3) is 0 Å². The Morgan fingerprint density at radius 2 is 1.90 bits per heavy atom. The van der Waals surface area contributed by atoms with Crippen molar-refractivity contribution in [3.8, 4) is 5.75 Å². The molecule has 0 spiro atoms. The molecule has 0 aromatic heterocycles. The lowest BCUT2D eigenvalue weighted by atomic mass is 9.99.